The smallest absolute Gasteiger partial charge is 0.261 e. The van der Waals surface area contributed by atoms with E-state index in [-0.39, 0.29) is 11.6 Å². The summed E-state index contributed by atoms with van der Waals surface area (Å²) in [5.74, 6) is 0.751. The van der Waals surface area contributed by atoms with Crippen molar-refractivity contribution in [2.24, 2.45) is 0 Å². The van der Waals surface area contributed by atoms with Gasteiger partial charge in [-0.25, -0.2) is 4.98 Å². The van der Waals surface area contributed by atoms with Crippen LogP contribution in [0.3, 0.4) is 0 Å². The van der Waals surface area contributed by atoms with Crippen molar-refractivity contribution in [2.75, 3.05) is 27.2 Å². The van der Waals surface area contributed by atoms with E-state index in [4.69, 9.17) is 11.6 Å². The lowest BCUT2D eigenvalue weighted by molar-refractivity contribution is 0.383. The standard InChI is InChI=1S/C16H23ClN4O/c1-5-21-15(11(2)18-8-9-20(3)4)19-14-10-12(17)6-7-13(14)16(21)22/h6-7,10-11,18H,5,8-9H2,1-4H3. The molecule has 0 amide bonds. The molecule has 5 nitrogen and oxygen atoms in total. The number of halogens is 1. The first-order chi connectivity index (χ1) is 10.4. The zero-order chi connectivity index (χ0) is 16.3. The topological polar surface area (TPSA) is 50.2 Å². The maximum Gasteiger partial charge on any atom is 0.261 e. The van der Waals surface area contributed by atoms with Gasteiger partial charge in [0.1, 0.15) is 5.82 Å². The molecular weight excluding hydrogens is 300 g/mol. The average molecular weight is 323 g/mol. The van der Waals surface area contributed by atoms with Crippen LogP contribution in [0.5, 0.6) is 0 Å². The minimum Gasteiger partial charge on any atom is -0.308 e. The van der Waals surface area contributed by atoms with E-state index in [1.807, 2.05) is 27.9 Å². The Morgan fingerprint density at radius 1 is 1.41 bits per heavy atom. The normalized spacial score (nSPS) is 13.0. The third-order valence-electron chi connectivity index (χ3n) is 3.66. The van der Waals surface area contributed by atoms with Gasteiger partial charge in [0.25, 0.3) is 5.56 Å². The molecule has 0 aliphatic rings. The van der Waals surface area contributed by atoms with Gasteiger partial charge in [0.15, 0.2) is 0 Å². The first kappa shape index (κ1) is 16.9. The van der Waals surface area contributed by atoms with Gasteiger partial charge in [-0.3, -0.25) is 9.36 Å². The van der Waals surface area contributed by atoms with E-state index >= 15 is 0 Å². The lowest BCUT2D eigenvalue weighted by Gasteiger charge is -2.19. The van der Waals surface area contributed by atoms with Crippen molar-refractivity contribution in [3.63, 3.8) is 0 Å². The van der Waals surface area contributed by atoms with Gasteiger partial charge in [0.05, 0.1) is 16.9 Å². The van der Waals surface area contributed by atoms with E-state index in [1.165, 1.54) is 0 Å². The summed E-state index contributed by atoms with van der Waals surface area (Å²) < 4.78 is 1.73. The second kappa shape index (κ2) is 7.22. The van der Waals surface area contributed by atoms with E-state index in [0.717, 1.165) is 18.9 Å². The summed E-state index contributed by atoms with van der Waals surface area (Å²) in [4.78, 5) is 19.4. The Morgan fingerprint density at radius 2 is 2.14 bits per heavy atom. The van der Waals surface area contributed by atoms with Crippen molar-refractivity contribution in [3.05, 3.63) is 39.4 Å². The van der Waals surface area contributed by atoms with Crippen molar-refractivity contribution in [3.8, 4) is 0 Å². The molecule has 2 rings (SSSR count). The van der Waals surface area contributed by atoms with Gasteiger partial charge >= 0.3 is 0 Å². The second-order valence-corrected chi connectivity index (χ2v) is 6.10. The lowest BCUT2D eigenvalue weighted by atomic mass is 10.2. The number of rotatable bonds is 6. The molecule has 1 aromatic carbocycles. The Kier molecular flexibility index (Phi) is 5.56. The summed E-state index contributed by atoms with van der Waals surface area (Å²) in [6.07, 6.45) is 0. The van der Waals surface area contributed by atoms with Crippen LogP contribution in [-0.4, -0.2) is 41.6 Å². The highest BCUT2D eigenvalue weighted by Gasteiger charge is 2.15. The molecule has 0 saturated heterocycles. The number of likely N-dealkylation sites (N-methyl/N-ethyl adjacent to an activating group) is 1. The van der Waals surface area contributed by atoms with Crippen molar-refractivity contribution >= 4 is 22.5 Å². The minimum atomic E-state index is -0.0135. The van der Waals surface area contributed by atoms with E-state index in [1.54, 1.807) is 22.8 Å². The van der Waals surface area contributed by atoms with Crippen molar-refractivity contribution in [1.82, 2.24) is 19.8 Å². The molecule has 1 N–H and O–H groups in total. The Balaban J connectivity index is 2.41. The fraction of sp³-hybridized carbons (Fsp3) is 0.500. The van der Waals surface area contributed by atoms with E-state index in [9.17, 15) is 4.79 Å². The van der Waals surface area contributed by atoms with Crippen molar-refractivity contribution < 1.29 is 0 Å². The molecule has 1 heterocycles. The van der Waals surface area contributed by atoms with Gasteiger partial charge in [-0.1, -0.05) is 11.6 Å². The number of aromatic nitrogens is 2. The maximum absolute atomic E-state index is 12.6. The van der Waals surface area contributed by atoms with Crippen LogP contribution in [0.1, 0.15) is 25.7 Å². The van der Waals surface area contributed by atoms with Gasteiger partial charge in [0, 0.05) is 24.7 Å². The molecule has 120 valence electrons. The number of hydrogen-bond acceptors (Lipinski definition) is 4. The monoisotopic (exact) mass is 322 g/mol. The first-order valence-corrected chi connectivity index (χ1v) is 7.90. The van der Waals surface area contributed by atoms with Crippen LogP contribution in [-0.2, 0) is 6.54 Å². The number of nitrogens with zero attached hydrogens (tertiary/aromatic N) is 3. The van der Waals surface area contributed by atoms with Gasteiger partial charge in [-0.05, 0) is 46.1 Å². The Bertz CT molecular complexity index is 711. The predicted molar refractivity (Wildman–Crippen MR) is 91.7 cm³/mol. The Hall–Kier alpha value is -1.43. The molecule has 1 atom stereocenters. The minimum absolute atomic E-state index is 0.00372. The highest BCUT2D eigenvalue weighted by atomic mass is 35.5. The third-order valence-corrected chi connectivity index (χ3v) is 3.90. The number of nitrogens with one attached hydrogen (secondary N) is 1. The van der Waals surface area contributed by atoms with Crippen LogP contribution in [0.2, 0.25) is 5.02 Å². The third kappa shape index (κ3) is 3.66. The number of fused-ring (bicyclic) bond motifs is 1. The highest BCUT2D eigenvalue weighted by molar-refractivity contribution is 6.31. The molecule has 1 aromatic heterocycles. The second-order valence-electron chi connectivity index (χ2n) is 5.66. The molecule has 0 radical (unpaired) electrons. The van der Waals surface area contributed by atoms with E-state index < -0.39 is 0 Å². The van der Waals surface area contributed by atoms with Gasteiger partial charge < -0.3 is 10.2 Å². The predicted octanol–water partition coefficient (Wildman–Crippen LogP) is 2.28. The summed E-state index contributed by atoms with van der Waals surface area (Å²) in [6, 6.07) is 5.21. The highest BCUT2D eigenvalue weighted by Crippen LogP contribution is 2.17. The molecule has 1 unspecified atom stereocenters. The van der Waals surface area contributed by atoms with Gasteiger partial charge in [-0.15, -0.1) is 0 Å². The lowest BCUT2D eigenvalue weighted by Crippen LogP contribution is -2.33. The fourth-order valence-electron chi connectivity index (χ4n) is 2.44. The molecule has 0 aliphatic carbocycles. The summed E-state index contributed by atoms with van der Waals surface area (Å²) in [5, 5.41) is 4.61. The fourth-order valence-corrected chi connectivity index (χ4v) is 2.61. The molecule has 2 aromatic rings. The van der Waals surface area contributed by atoms with Crippen molar-refractivity contribution in [1.29, 1.82) is 0 Å². The Labute approximate surface area is 135 Å². The van der Waals surface area contributed by atoms with Crippen LogP contribution in [0.15, 0.2) is 23.0 Å². The van der Waals surface area contributed by atoms with Crippen LogP contribution in [0.4, 0.5) is 0 Å². The largest absolute Gasteiger partial charge is 0.308 e. The van der Waals surface area contributed by atoms with Crippen LogP contribution in [0.25, 0.3) is 10.9 Å². The summed E-state index contributed by atoms with van der Waals surface area (Å²) in [5.41, 5.74) is 0.638. The van der Waals surface area contributed by atoms with Gasteiger partial charge in [0.2, 0.25) is 0 Å². The summed E-state index contributed by atoms with van der Waals surface area (Å²) >= 11 is 6.03. The molecule has 0 spiro atoms. The zero-order valence-corrected chi connectivity index (χ0v) is 14.3. The van der Waals surface area contributed by atoms with Crippen molar-refractivity contribution in [2.45, 2.75) is 26.4 Å². The number of benzene rings is 1. The Morgan fingerprint density at radius 3 is 2.77 bits per heavy atom. The molecule has 0 bridgehead atoms. The molecule has 0 fully saturated rings. The van der Waals surface area contributed by atoms with Crippen LogP contribution >= 0.6 is 11.6 Å². The molecule has 0 saturated carbocycles. The van der Waals surface area contributed by atoms with Crippen LogP contribution < -0.4 is 10.9 Å². The quantitative estimate of drug-likeness (QED) is 0.886. The molecular formula is C16H23ClN4O. The SMILES string of the molecule is CCn1c(C(C)NCCN(C)C)nc2cc(Cl)ccc2c1=O. The maximum atomic E-state index is 12.6. The molecule has 6 heteroatoms. The zero-order valence-electron chi connectivity index (χ0n) is 13.6. The molecule has 0 aliphatic heterocycles. The average Bonchev–Trinajstić information content (AvgIpc) is 2.46. The van der Waals surface area contributed by atoms with Gasteiger partial charge in [-0.2, -0.15) is 0 Å². The summed E-state index contributed by atoms with van der Waals surface area (Å²) in [6.45, 7) is 6.35. The molecule has 22 heavy (non-hydrogen) atoms. The summed E-state index contributed by atoms with van der Waals surface area (Å²) in [7, 11) is 4.06. The van der Waals surface area contributed by atoms with E-state index in [2.05, 4.69) is 15.2 Å². The number of hydrogen-bond donors (Lipinski definition) is 1. The first-order valence-electron chi connectivity index (χ1n) is 7.52. The van der Waals surface area contributed by atoms with E-state index in [0.29, 0.717) is 22.5 Å². The van der Waals surface area contributed by atoms with Crippen LogP contribution in [0, 0.1) is 0 Å².